The van der Waals surface area contributed by atoms with E-state index in [1.807, 2.05) is 0 Å². The van der Waals surface area contributed by atoms with Crippen LogP contribution in [0, 0.1) is 10.1 Å². The molecule has 1 saturated heterocycles. The minimum atomic E-state index is -3.59. The van der Waals surface area contributed by atoms with E-state index in [2.05, 4.69) is 0 Å². The molecule has 1 saturated carbocycles. The van der Waals surface area contributed by atoms with Crippen molar-refractivity contribution < 1.29 is 28.1 Å². The predicted molar refractivity (Wildman–Crippen MR) is 74.5 cm³/mol. The Morgan fingerprint density at radius 2 is 1.82 bits per heavy atom. The highest BCUT2D eigenvalue weighted by Gasteiger charge is 2.85. The average Bonchev–Trinajstić information content (AvgIpc) is 3.18. The van der Waals surface area contributed by atoms with E-state index in [4.69, 9.17) is 13.8 Å². The number of benzene rings is 1. The van der Waals surface area contributed by atoms with Gasteiger partial charge in [-0.2, -0.15) is 0 Å². The number of ether oxygens (including phenoxy) is 1. The van der Waals surface area contributed by atoms with Crippen LogP contribution in [-0.4, -0.2) is 30.7 Å². The van der Waals surface area contributed by atoms with Gasteiger partial charge in [-0.3, -0.25) is 19.5 Å². The van der Waals surface area contributed by atoms with Crippen molar-refractivity contribution in [3.63, 3.8) is 0 Å². The summed E-state index contributed by atoms with van der Waals surface area (Å²) in [5.41, 5.74) is -0.441. The number of carbonyl (C=O) groups is 1. The largest absolute Gasteiger partial charge is 0.457 e. The van der Waals surface area contributed by atoms with Crippen LogP contribution in [0.2, 0.25) is 0 Å². The topological polar surface area (TPSA) is 105 Å². The van der Waals surface area contributed by atoms with Crippen molar-refractivity contribution in [2.45, 2.75) is 23.6 Å². The van der Waals surface area contributed by atoms with Crippen LogP contribution < -0.4 is 0 Å². The number of hydrogen-bond acceptors (Lipinski definition) is 7. The second kappa shape index (κ2) is 4.62. The van der Waals surface area contributed by atoms with Crippen molar-refractivity contribution in [1.29, 1.82) is 0 Å². The molecule has 1 heterocycles. The van der Waals surface area contributed by atoms with Crippen LogP contribution in [0.25, 0.3) is 0 Å². The Hall–Kier alpha value is -1.76. The Morgan fingerprint density at radius 3 is 2.23 bits per heavy atom. The molecule has 1 aliphatic carbocycles. The predicted octanol–water partition coefficient (Wildman–Crippen LogP) is 2.37. The summed E-state index contributed by atoms with van der Waals surface area (Å²) >= 11 is 0. The van der Waals surface area contributed by atoms with Crippen molar-refractivity contribution >= 4 is 19.3 Å². The molecular weight excluding hydrogens is 313 g/mol. The lowest BCUT2D eigenvalue weighted by Crippen LogP contribution is -2.42. The van der Waals surface area contributed by atoms with Gasteiger partial charge in [0, 0.05) is 32.8 Å². The summed E-state index contributed by atoms with van der Waals surface area (Å²) in [5, 5.41) is 9.65. The van der Waals surface area contributed by atoms with Gasteiger partial charge in [-0.05, 0) is 5.56 Å². The molecule has 0 aromatic heterocycles. The molecule has 1 aromatic carbocycles. The third-order valence-corrected chi connectivity index (χ3v) is 7.13. The monoisotopic (exact) mass is 327 g/mol. The lowest BCUT2D eigenvalue weighted by Gasteiger charge is -2.35. The standard InChI is InChI=1S/C13H14NO7P/c1-19-22(18,20-2)13(8-12(13)7-11(15)21-12)9-3-5-10(6-4-9)14(16)17/h3-6H,7-8H2,1-2H3/t12-,13-/m0/s1. The number of carbonyl (C=O) groups excluding carboxylic acids is 1. The van der Waals surface area contributed by atoms with Crippen LogP contribution >= 0.6 is 7.60 Å². The van der Waals surface area contributed by atoms with Gasteiger partial charge in [0.25, 0.3) is 5.69 Å². The van der Waals surface area contributed by atoms with E-state index in [1.165, 1.54) is 38.5 Å². The Kier molecular flexibility index (Phi) is 3.18. The summed E-state index contributed by atoms with van der Waals surface area (Å²) in [6.07, 6.45) is 0.434. The number of hydrogen-bond donors (Lipinski definition) is 0. The fourth-order valence-electron chi connectivity index (χ4n) is 3.26. The number of nitro benzene ring substituents is 1. The molecule has 9 heteroatoms. The first kappa shape index (κ1) is 15.1. The molecule has 2 aliphatic rings. The molecule has 1 aromatic rings. The molecule has 3 rings (SSSR count). The molecule has 0 N–H and O–H groups in total. The zero-order chi connectivity index (χ0) is 16.2. The van der Waals surface area contributed by atoms with Gasteiger partial charge in [-0.1, -0.05) is 12.1 Å². The molecule has 8 nitrogen and oxygen atoms in total. The molecule has 1 aliphatic heterocycles. The SMILES string of the molecule is COP(=O)(OC)[C@]1(c2ccc([N+](=O)[O-])cc2)C[C@@]12CC(=O)O2. The summed E-state index contributed by atoms with van der Waals surface area (Å²) in [6, 6.07) is 5.64. The highest BCUT2D eigenvalue weighted by atomic mass is 31.2. The molecule has 0 bridgehead atoms. The van der Waals surface area contributed by atoms with Crippen LogP contribution in [0.4, 0.5) is 5.69 Å². The van der Waals surface area contributed by atoms with Crippen molar-refractivity contribution in [2.75, 3.05) is 14.2 Å². The van der Waals surface area contributed by atoms with Gasteiger partial charge >= 0.3 is 13.6 Å². The number of esters is 1. The van der Waals surface area contributed by atoms with Crippen LogP contribution in [0.1, 0.15) is 18.4 Å². The summed E-state index contributed by atoms with van der Waals surface area (Å²) in [5.74, 6) is -0.373. The minimum absolute atomic E-state index is 0.0797. The number of nitrogens with zero attached hydrogens (tertiary/aromatic N) is 1. The quantitative estimate of drug-likeness (QED) is 0.354. The molecule has 2 atom stereocenters. The molecule has 1 spiro atoms. The number of non-ortho nitro benzene ring substituents is 1. The van der Waals surface area contributed by atoms with Gasteiger partial charge in [-0.25, -0.2) is 0 Å². The van der Waals surface area contributed by atoms with Gasteiger partial charge in [0.15, 0.2) is 0 Å². The third kappa shape index (κ3) is 1.71. The van der Waals surface area contributed by atoms with Crippen molar-refractivity contribution in [3.05, 3.63) is 39.9 Å². The second-order valence-corrected chi connectivity index (χ2v) is 7.84. The first-order valence-corrected chi connectivity index (χ1v) is 8.07. The highest BCUT2D eigenvalue weighted by Crippen LogP contribution is 2.84. The Labute approximate surface area is 126 Å². The summed E-state index contributed by atoms with van der Waals surface area (Å²) < 4.78 is 28.5. The summed E-state index contributed by atoms with van der Waals surface area (Å²) in [4.78, 5) is 21.5. The molecular formula is C13H14NO7P. The molecule has 0 amide bonds. The molecule has 22 heavy (non-hydrogen) atoms. The fraction of sp³-hybridized carbons (Fsp3) is 0.462. The second-order valence-electron chi connectivity index (χ2n) is 5.35. The van der Waals surface area contributed by atoms with Gasteiger partial charge in [-0.15, -0.1) is 0 Å². The Balaban J connectivity index is 2.07. The summed E-state index contributed by atoms with van der Waals surface area (Å²) in [7, 11) is -1.06. The van der Waals surface area contributed by atoms with E-state index in [-0.39, 0.29) is 18.1 Å². The first-order valence-electron chi connectivity index (χ1n) is 6.52. The van der Waals surface area contributed by atoms with E-state index >= 15 is 0 Å². The smallest absolute Gasteiger partial charge is 0.344 e. The average molecular weight is 327 g/mol. The van der Waals surface area contributed by atoms with E-state index in [9.17, 15) is 19.5 Å². The van der Waals surface area contributed by atoms with Crippen LogP contribution in [0.15, 0.2) is 24.3 Å². The third-order valence-electron chi connectivity index (χ3n) is 4.41. The summed E-state index contributed by atoms with van der Waals surface area (Å²) in [6.45, 7) is 0. The maximum absolute atomic E-state index is 13.0. The molecule has 118 valence electrons. The zero-order valence-corrected chi connectivity index (χ0v) is 12.9. The van der Waals surface area contributed by atoms with Crippen molar-refractivity contribution in [3.8, 4) is 0 Å². The Morgan fingerprint density at radius 1 is 1.27 bits per heavy atom. The van der Waals surface area contributed by atoms with E-state index < -0.39 is 23.3 Å². The van der Waals surface area contributed by atoms with Gasteiger partial charge in [0.2, 0.25) is 0 Å². The lowest BCUT2D eigenvalue weighted by atomic mass is 10.0. The van der Waals surface area contributed by atoms with Crippen molar-refractivity contribution in [1.82, 2.24) is 0 Å². The highest BCUT2D eigenvalue weighted by molar-refractivity contribution is 7.55. The molecule has 0 radical (unpaired) electrons. The van der Waals surface area contributed by atoms with Crippen molar-refractivity contribution in [2.24, 2.45) is 0 Å². The first-order chi connectivity index (χ1) is 10.3. The Bertz CT molecular complexity index is 685. The number of rotatable bonds is 5. The van der Waals surface area contributed by atoms with E-state index in [0.29, 0.717) is 12.0 Å². The van der Waals surface area contributed by atoms with Gasteiger partial charge in [0.05, 0.1) is 11.3 Å². The maximum atomic E-state index is 13.0. The van der Waals surface area contributed by atoms with Crippen LogP contribution in [0.5, 0.6) is 0 Å². The van der Waals surface area contributed by atoms with E-state index in [0.717, 1.165) is 0 Å². The normalized spacial score (nSPS) is 29.8. The van der Waals surface area contributed by atoms with Crippen LogP contribution in [0.3, 0.4) is 0 Å². The number of nitro groups is 1. The van der Waals surface area contributed by atoms with Gasteiger partial charge < -0.3 is 13.8 Å². The minimum Gasteiger partial charge on any atom is -0.457 e. The molecule has 2 fully saturated rings. The van der Waals surface area contributed by atoms with E-state index in [1.54, 1.807) is 0 Å². The maximum Gasteiger partial charge on any atom is 0.344 e. The fourth-order valence-corrected chi connectivity index (χ4v) is 5.57. The van der Waals surface area contributed by atoms with Crippen LogP contribution in [-0.2, 0) is 28.3 Å². The lowest BCUT2D eigenvalue weighted by molar-refractivity contribution is -0.384. The van der Waals surface area contributed by atoms with Gasteiger partial charge in [0.1, 0.15) is 10.8 Å². The zero-order valence-electron chi connectivity index (χ0n) is 12.0. The molecule has 0 unspecified atom stereocenters.